The molecule has 4 rings (SSSR count). The average molecular weight is 451 g/mol. The zero-order chi connectivity index (χ0) is 22.1. The van der Waals surface area contributed by atoms with E-state index in [4.69, 9.17) is 12.2 Å². The van der Waals surface area contributed by atoms with Crippen LogP contribution in [-0.4, -0.2) is 30.6 Å². The molecule has 6 nitrogen and oxygen atoms in total. The number of thiocarbonyl (C=S) groups is 1. The van der Waals surface area contributed by atoms with Crippen LogP contribution in [0.1, 0.15) is 30.5 Å². The van der Waals surface area contributed by atoms with Gasteiger partial charge < -0.3 is 5.32 Å². The predicted octanol–water partition coefficient (Wildman–Crippen LogP) is 4.22. The van der Waals surface area contributed by atoms with Crippen molar-refractivity contribution in [2.75, 3.05) is 5.32 Å². The summed E-state index contributed by atoms with van der Waals surface area (Å²) in [6.07, 6.45) is 3.28. The van der Waals surface area contributed by atoms with E-state index in [0.29, 0.717) is 32.8 Å². The lowest BCUT2D eigenvalue weighted by atomic mass is 10.1. The topological polar surface area (TPSA) is 66.7 Å². The molecule has 2 aromatic heterocycles. The summed E-state index contributed by atoms with van der Waals surface area (Å²) in [6.45, 7) is 6.36. The molecular weight excluding hydrogens is 428 g/mol. The Morgan fingerprint density at radius 2 is 1.90 bits per heavy atom. The molecule has 3 aromatic rings. The average Bonchev–Trinajstić information content (AvgIpc) is 3.03. The minimum atomic E-state index is -0.244. The van der Waals surface area contributed by atoms with E-state index in [-0.39, 0.29) is 17.5 Å². The molecule has 1 aliphatic rings. The Hall–Kier alpha value is -2.97. The Labute approximate surface area is 190 Å². The van der Waals surface area contributed by atoms with Gasteiger partial charge in [0.05, 0.1) is 10.5 Å². The lowest BCUT2D eigenvalue weighted by Crippen LogP contribution is -2.34. The standard InChI is InChI=1S/C23H22N4O2S2/c1-14(2)27-22(29)18(31-23(27)30)12-17-20(24-13-16-9-7-15(3)8-10-16)25-19-6-4-5-11-26(19)21(17)28/h4-12,14,24H,13H2,1-3H3. The van der Waals surface area contributed by atoms with Crippen LogP contribution >= 0.6 is 24.0 Å². The largest absolute Gasteiger partial charge is 0.365 e. The third-order valence-electron chi connectivity index (χ3n) is 4.96. The molecule has 0 bridgehead atoms. The van der Waals surface area contributed by atoms with Gasteiger partial charge in [-0.2, -0.15) is 0 Å². The Morgan fingerprint density at radius 3 is 2.58 bits per heavy atom. The Bertz CT molecular complexity index is 1260. The number of hydrogen-bond acceptors (Lipinski definition) is 6. The van der Waals surface area contributed by atoms with E-state index < -0.39 is 0 Å². The van der Waals surface area contributed by atoms with Gasteiger partial charge in [0.25, 0.3) is 11.5 Å². The van der Waals surface area contributed by atoms with Gasteiger partial charge in [-0.15, -0.1) is 0 Å². The number of rotatable bonds is 5. The van der Waals surface area contributed by atoms with Crippen molar-refractivity contribution in [2.24, 2.45) is 0 Å². The second-order valence-electron chi connectivity index (χ2n) is 7.59. The van der Waals surface area contributed by atoms with Gasteiger partial charge in [0, 0.05) is 18.8 Å². The number of aromatic nitrogens is 2. The second-order valence-corrected chi connectivity index (χ2v) is 9.27. The number of nitrogens with zero attached hydrogens (tertiary/aromatic N) is 3. The van der Waals surface area contributed by atoms with Gasteiger partial charge >= 0.3 is 0 Å². The number of fused-ring (bicyclic) bond motifs is 1. The molecule has 0 radical (unpaired) electrons. The molecule has 0 unspecified atom stereocenters. The van der Waals surface area contributed by atoms with Gasteiger partial charge in [0.2, 0.25) is 0 Å². The van der Waals surface area contributed by atoms with E-state index in [0.717, 1.165) is 5.56 Å². The normalized spacial score (nSPS) is 15.5. The van der Waals surface area contributed by atoms with Crippen molar-refractivity contribution in [1.29, 1.82) is 0 Å². The van der Waals surface area contributed by atoms with E-state index in [1.807, 2.05) is 51.1 Å². The maximum atomic E-state index is 13.3. The Kier molecular flexibility index (Phi) is 5.93. The van der Waals surface area contributed by atoms with E-state index >= 15 is 0 Å². The fourth-order valence-corrected chi connectivity index (χ4v) is 4.82. The van der Waals surface area contributed by atoms with Crippen molar-refractivity contribution >= 4 is 51.7 Å². The summed E-state index contributed by atoms with van der Waals surface area (Å²) in [5.74, 6) is 0.249. The molecule has 0 atom stereocenters. The van der Waals surface area contributed by atoms with Crippen LogP contribution in [0.3, 0.4) is 0 Å². The second kappa shape index (κ2) is 8.64. The minimum absolute atomic E-state index is 0.0478. The first-order valence-corrected chi connectivity index (χ1v) is 11.2. The quantitative estimate of drug-likeness (QED) is 0.464. The molecule has 8 heteroatoms. The van der Waals surface area contributed by atoms with E-state index in [2.05, 4.69) is 10.3 Å². The zero-order valence-electron chi connectivity index (χ0n) is 17.5. The number of aryl methyl sites for hydroxylation is 1. The smallest absolute Gasteiger partial charge is 0.267 e. The summed E-state index contributed by atoms with van der Waals surface area (Å²) in [7, 11) is 0. The monoisotopic (exact) mass is 450 g/mol. The Morgan fingerprint density at radius 1 is 1.16 bits per heavy atom. The zero-order valence-corrected chi connectivity index (χ0v) is 19.1. The summed E-state index contributed by atoms with van der Waals surface area (Å²) in [6, 6.07) is 13.5. The molecule has 1 saturated heterocycles. The first-order valence-electron chi connectivity index (χ1n) is 9.93. The number of carbonyl (C=O) groups is 1. The van der Waals surface area contributed by atoms with Gasteiger partial charge in [-0.3, -0.25) is 18.9 Å². The van der Waals surface area contributed by atoms with Crippen LogP contribution in [0.15, 0.2) is 58.4 Å². The third-order valence-corrected chi connectivity index (χ3v) is 6.30. The maximum Gasteiger partial charge on any atom is 0.267 e. The van der Waals surface area contributed by atoms with Crippen molar-refractivity contribution < 1.29 is 4.79 Å². The summed E-state index contributed by atoms with van der Waals surface area (Å²) in [5.41, 5.74) is 2.87. The molecular formula is C23H22N4O2S2. The van der Waals surface area contributed by atoms with Gasteiger partial charge in [0.1, 0.15) is 15.8 Å². The fourth-order valence-electron chi connectivity index (χ4n) is 3.32. The first-order chi connectivity index (χ1) is 14.8. The van der Waals surface area contributed by atoms with Crippen LogP contribution in [0, 0.1) is 6.92 Å². The van der Waals surface area contributed by atoms with Crippen LogP contribution in [0.5, 0.6) is 0 Å². The van der Waals surface area contributed by atoms with E-state index in [1.54, 1.807) is 29.3 Å². The molecule has 0 spiro atoms. The van der Waals surface area contributed by atoms with Crippen molar-refractivity contribution in [3.05, 3.63) is 80.6 Å². The molecule has 1 amide bonds. The highest BCUT2D eigenvalue weighted by atomic mass is 32.2. The SMILES string of the molecule is Cc1ccc(CNc2nc3ccccn3c(=O)c2C=C2SC(=S)N(C(C)C)C2=O)cc1. The van der Waals surface area contributed by atoms with Crippen LogP contribution in [0.25, 0.3) is 11.7 Å². The van der Waals surface area contributed by atoms with Gasteiger partial charge in [0.15, 0.2) is 0 Å². The highest BCUT2D eigenvalue weighted by Gasteiger charge is 2.34. The van der Waals surface area contributed by atoms with Crippen LogP contribution in [0.4, 0.5) is 5.82 Å². The maximum absolute atomic E-state index is 13.3. The van der Waals surface area contributed by atoms with E-state index in [9.17, 15) is 9.59 Å². The predicted molar refractivity (Wildman–Crippen MR) is 130 cm³/mol. The summed E-state index contributed by atoms with van der Waals surface area (Å²) in [5, 5.41) is 3.28. The molecule has 1 aromatic carbocycles. The summed E-state index contributed by atoms with van der Waals surface area (Å²) >= 11 is 6.58. The number of benzene rings is 1. The number of nitrogens with one attached hydrogen (secondary N) is 1. The number of amides is 1. The molecule has 1 aliphatic heterocycles. The van der Waals surface area contributed by atoms with Crippen molar-refractivity contribution in [3.8, 4) is 0 Å². The van der Waals surface area contributed by atoms with Crippen molar-refractivity contribution in [2.45, 2.75) is 33.4 Å². The molecule has 158 valence electrons. The summed E-state index contributed by atoms with van der Waals surface area (Å²) in [4.78, 5) is 32.8. The number of hydrogen-bond donors (Lipinski definition) is 1. The lowest BCUT2D eigenvalue weighted by Gasteiger charge is -2.18. The van der Waals surface area contributed by atoms with Gasteiger partial charge in [-0.1, -0.05) is 59.9 Å². The van der Waals surface area contributed by atoms with Crippen molar-refractivity contribution in [3.63, 3.8) is 0 Å². The number of carbonyl (C=O) groups excluding carboxylic acids is 1. The summed E-state index contributed by atoms with van der Waals surface area (Å²) < 4.78 is 1.97. The Balaban J connectivity index is 1.77. The van der Waals surface area contributed by atoms with Gasteiger partial charge in [-0.25, -0.2) is 4.98 Å². The number of anilines is 1. The van der Waals surface area contributed by atoms with Crippen molar-refractivity contribution in [1.82, 2.24) is 14.3 Å². The van der Waals surface area contributed by atoms with Crippen LogP contribution < -0.4 is 10.9 Å². The number of thioether (sulfide) groups is 1. The van der Waals surface area contributed by atoms with Crippen LogP contribution in [0.2, 0.25) is 0 Å². The molecule has 1 fully saturated rings. The lowest BCUT2D eigenvalue weighted by molar-refractivity contribution is -0.123. The number of pyridine rings is 1. The third kappa shape index (κ3) is 4.26. The van der Waals surface area contributed by atoms with Gasteiger partial charge in [-0.05, 0) is 44.5 Å². The van der Waals surface area contributed by atoms with Crippen LogP contribution in [-0.2, 0) is 11.3 Å². The first kappa shape index (κ1) is 21.3. The molecule has 0 aliphatic carbocycles. The molecule has 1 N–H and O–H groups in total. The minimum Gasteiger partial charge on any atom is -0.365 e. The highest BCUT2D eigenvalue weighted by Crippen LogP contribution is 2.34. The molecule has 3 heterocycles. The van der Waals surface area contributed by atoms with E-state index in [1.165, 1.54) is 21.7 Å². The molecule has 31 heavy (non-hydrogen) atoms. The highest BCUT2D eigenvalue weighted by molar-refractivity contribution is 8.26. The molecule has 0 saturated carbocycles. The fraction of sp³-hybridized carbons (Fsp3) is 0.217.